The molecule has 0 aliphatic rings. The third kappa shape index (κ3) is 4.48. The van der Waals surface area contributed by atoms with Gasteiger partial charge in [-0.2, -0.15) is 13.2 Å². The summed E-state index contributed by atoms with van der Waals surface area (Å²) in [6, 6.07) is 3.15. The zero-order chi connectivity index (χ0) is 12.9. The van der Waals surface area contributed by atoms with E-state index in [1.54, 1.807) is 12.2 Å². The van der Waals surface area contributed by atoms with E-state index in [-0.39, 0.29) is 10.7 Å². The fourth-order valence-electron chi connectivity index (χ4n) is 1.15. The smallest absolute Gasteiger partial charge is 0.380 e. The van der Waals surface area contributed by atoms with Crippen LogP contribution in [-0.2, 0) is 6.18 Å². The number of anilines is 1. The van der Waals surface area contributed by atoms with Gasteiger partial charge in [0.15, 0.2) is 0 Å². The third-order valence-corrected chi connectivity index (χ3v) is 2.47. The van der Waals surface area contributed by atoms with Gasteiger partial charge in [-0.3, -0.25) is 0 Å². The van der Waals surface area contributed by atoms with Crippen molar-refractivity contribution in [1.29, 1.82) is 0 Å². The van der Waals surface area contributed by atoms with Gasteiger partial charge in [0, 0.05) is 12.4 Å². The Morgan fingerprint density at radius 2 is 1.94 bits per heavy atom. The second-order valence-corrected chi connectivity index (χ2v) is 3.91. The van der Waals surface area contributed by atoms with Crippen molar-refractivity contribution < 1.29 is 13.2 Å². The second kappa shape index (κ2) is 6.17. The predicted octanol–water partition coefficient (Wildman–Crippen LogP) is 4.57. The minimum absolute atomic E-state index is 0.247. The molecule has 0 aliphatic carbocycles. The SMILES string of the molecule is FC(F)(F)c1ccc(Cl)c(NC/C=C/CCl)c1. The number of alkyl halides is 4. The topological polar surface area (TPSA) is 12.0 Å². The summed E-state index contributed by atoms with van der Waals surface area (Å²) in [6.07, 6.45) is -0.966. The van der Waals surface area contributed by atoms with Crippen molar-refractivity contribution in [2.45, 2.75) is 6.18 Å². The van der Waals surface area contributed by atoms with Crippen LogP contribution in [0.3, 0.4) is 0 Å². The van der Waals surface area contributed by atoms with Crippen molar-refractivity contribution in [3.63, 3.8) is 0 Å². The molecule has 0 unspecified atom stereocenters. The fraction of sp³-hybridized carbons (Fsp3) is 0.273. The zero-order valence-corrected chi connectivity index (χ0v) is 10.2. The number of hydrogen-bond donors (Lipinski definition) is 1. The van der Waals surface area contributed by atoms with E-state index in [1.165, 1.54) is 6.07 Å². The lowest BCUT2D eigenvalue weighted by Crippen LogP contribution is -2.07. The summed E-state index contributed by atoms with van der Waals surface area (Å²) >= 11 is 11.2. The maximum absolute atomic E-state index is 12.4. The van der Waals surface area contributed by atoms with Crippen LogP contribution in [0.4, 0.5) is 18.9 Å². The maximum Gasteiger partial charge on any atom is 0.416 e. The van der Waals surface area contributed by atoms with Crippen LogP contribution in [0.1, 0.15) is 5.56 Å². The van der Waals surface area contributed by atoms with Gasteiger partial charge in [0.25, 0.3) is 0 Å². The molecule has 0 radical (unpaired) electrons. The van der Waals surface area contributed by atoms with Crippen LogP contribution in [0.2, 0.25) is 5.02 Å². The number of nitrogens with one attached hydrogen (secondary N) is 1. The van der Waals surface area contributed by atoms with Crippen LogP contribution in [0.15, 0.2) is 30.4 Å². The molecule has 0 heterocycles. The van der Waals surface area contributed by atoms with Gasteiger partial charge in [0.1, 0.15) is 0 Å². The van der Waals surface area contributed by atoms with Gasteiger partial charge >= 0.3 is 6.18 Å². The first kappa shape index (κ1) is 14.2. The van der Waals surface area contributed by atoms with Crippen LogP contribution in [-0.4, -0.2) is 12.4 Å². The highest BCUT2D eigenvalue weighted by atomic mass is 35.5. The van der Waals surface area contributed by atoms with Crippen molar-refractivity contribution in [2.24, 2.45) is 0 Å². The number of halogens is 5. The molecular formula is C11H10Cl2F3N. The highest BCUT2D eigenvalue weighted by molar-refractivity contribution is 6.33. The number of allylic oxidation sites excluding steroid dienone is 1. The fourth-order valence-corrected chi connectivity index (χ4v) is 1.46. The average Bonchev–Trinajstić information content (AvgIpc) is 2.25. The molecule has 1 nitrogen and oxygen atoms in total. The van der Waals surface area contributed by atoms with E-state index in [2.05, 4.69) is 5.32 Å². The zero-order valence-electron chi connectivity index (χ0n) is 8.69. The largest absolute Gasteiger partial charge is 0.416 e. The molecule has 1 rings (SSSR count). The minimum Gasteiger partial charge on any atom is -0.380 e. The van der Waals surface area contributed by atoms with Gasteiger partial charge in [0.05, 0.1) is 16.3 Å². The van der Waals surface area contributed by atoms with Crippen LogP contribution in [0.25, 0.3) is 0 Å². The highest BCUT2D eigenvalue weighted by Crippen LogP contribution is 2.33. The Morgan fingerprint density at radius 3 is 2.53 bits per heavy atom. The van der Waals surface area contributed by atoms with Gasteiger partial charge in [0.2, 0.25) is 0 Å². The summed E-state index contributed by atoms with van der Waals surface area (Å²) in [7, 11) is 0. The Bertz CT molecular complexity index is 402. The number of rotatable bonds is 4. The van der Waals surface area contributed by atoms with Crippen LogP contribution in [0.5, 0.6) is 0 Å². The minimum atomic E-state index is -4.37. The van der Waals surface area contributed by atoms with E-state index in [9.17, 15) is 13.2 Å². The molecule has 6 heteroatoms. The van der Waals surface area contributed by atoms with Gasteiger partial charge in [-0.15, -0.1) is 11.6 Å². The van der Waals surface area contributed by atoms with Crippen molar-refractivity contribution in [3.8, 4) is 0 Å². The Kier molecular flexibility index (Phi) is 5.15. The molecule has 0 atom stereocenters. The first-order chi connectivity index (χ1) is 7.95. The third-order valence-electron chi connectivity index (χ3n) is 1.96. The van der Waals surface area contributed by atoms with Gasteiger partial charge in [-0.1, -0.05) is 23.8 Å². The summed E-state index contributed by atoms with van der Waals surface area (Å²) in [4.78, 5) is 0. The molecule has 0 saturated carbocycles. The van der Waals surface area contributed by atoms with E-state index in [0.717, 1.165) is 12.1 Å². The quantitative estimate of drug-likeness (QED) is 0.631. The molecule has 0 fully saturated rings. The van der Waals surface area contributed by atoms with E-state index >= 15 is 0 Å². The molecular weight excluding hydrogens is 274 g/mol. The van der Waals surface area contributed by atoms with E-state index in [0.29, 0.717) is 12.4 Å². The first-order valence-corrected chi connectivity index (χ1v) is 5.68. The molecule has 0 bridgehead atoms. The van der Waals surface area contributed by atoms with Crippen molar-refractivity contribution in [2.75, 3.05) is 17.7 Å². The Hall–Kier alpha value is -0.870. The van der Waals surface area contributed by atoms with E-state index < -0.39 is 11.7 Å². The van der Waals surface area contributed by atoms with Crippen LogP contribution >= 0.6 is 23.2 Å². The summed E-state index contributed by atoms with van der Waals surface area (Å²) in [5, 5.41) is 3.03. The number of hydrogen-bond acceptors (Lipinski definition) is 1. The van der Waals surface area contributed by atoms with Crippen molar-refractivity contribution in [1.82, 2.24) is 0 Å². The molecule has 1 aromatic rings. The summed E-state index contributed by atoms with van der Waals surface area (Å²) in [5.41, 5.74) is -0.480. The van der Waals surface area contributed by atoms with Gasteiger partial charge in [-0.25, -0.2) is 0 Å². The molecule has 0 spiro atoms. The Labute approximate surface area is 107 Å². The molecule has 0 saturated heterocycles. The standard InChI is InChI=1S/C11H10Cl2F3N/c12-5-1-2-6-17-10-7-8(11(14,15)16)3-4-9(10)13/h1-4,7,17H,5-6H2/b2-1+. The van der Waals surface area contributed by atoms with Crippen molar-refractivity contribution >= 4 is 28.9 Å². The van der Waals surface area contributed by atoms with Gasteiger partial charge in [-0.05, 0) is 18.2 Å². The van der Waals surface area contributed by atoms with E-state index in [4.69, 9.17) is 23.2 Å². The molecule has 1 aromatic carbocycles. The van der Waals surface area contributed by atoms with Crippen molar-refractivity contribution in [3.05, 3.63) is 40.9 Å². The molecule has 0 amide bonds. The molecule has 1 N–H and O–H groups in total. The molecule has 94 valence electrons. The normalized spacial score (nSPS) is 12.1. The summed E-state index contributed by atoms with van der Waals surface area (Å²) < 4.78 is 37.3. The maximum atomic E-state index is 12.4. The highest BCUT2D eigenvalue weighted by Gasteiger charge is 2.30. The lowest BCUT2D eigenvalue weighted by Gasteiger charge is -2.11. The summed E-state index contributed by atoms with van der Waals surface area (Å²) in [5.74, 6) is 0.359. The van der Waals surface area contributed by atoms with Crippen LogP contribution < -0.4 is 5.32 Å². The molecule has 0 aromatic heterocycles. The van der Waals surface area contributed by atoms with Gasteiger partial charge < -0.3 is 5.32 Å². The second-order valence-electron chi connectivity index (χ2n) is 3.20. The lowest BCUT2D eigenvalue weighted by molar-refractivity contribution is -0.137. The van der Waals surface area contributed by atoms with Crippen LogP contribution in [0, 0.1) is 0 Å². The lowest BCUT2D eigenvalue weighted by atomic mass is 10.2. The van der Waals surface area contributed by atoms with E-state index in [1.807, 2.05) is 0 Å². The number of benzene rings is 1. The monoisotopic (exact) mass is 283 g/mol. The Morgan fingerprint density at radius 1 is 1.24 bits per heavy atom. The molecule has 17 heavy (non-hydrogen) atoms. The predicted molar refractivity (Wildman–Crippen MR) is 64.8 cm³/mol. The average molecular weight is 284 g/mol. The summed E-state index contributed by atoms with van der Waals surface area (Å²) in [6.45, 7) is 0.369. The molecule has 0 aliphatic heterocycles. The first-order valence-electron chi connectivity index (χ1n) is 4.76. The Balaban J connectivity index is 2.80.